The standard InChI is InChI=1S/C11H9N3O3S/c12-11(18)14-13-5-7-8(15)3-1-6-2-4-9(16)17-10(6)7/h1-5,15H,(H3,12,14,18). The lowest BCUT2D eigenvalue weighted by molar-refractivity contribution is 0.472. The minimum absolute atomic E-state index is 0.00701. The van der Waals surface area contributed by atoms with E-state index in [0.717, 1.165) is 0 Å². The van der Waals surface area contributed by atoms with Crippen LogP contribution in [0.15, 0.2) is 38.6 Å². The van der Waals surface area contributed by atoms with E-state index in [1.165, 1.54) is 18.3 Å². The van der Waals surface area contributed by atoms with Crippen molar-refractivity contribution < 1.29 is 9.52 Å². The number of benzene rings is 1. The predicted octanol–water partition coefficient (Wildman–Crippen LogP) is 0.666. The van der Waals surface area contributed by atoms with Crippen molar-refractivity contribution in [1.29, 1.82) is 0 Å². The van der Waals surface area contributed by atoms with Crippen LogP contribution < -0.4 is 16.8 Å². The Morgan fingerprint density at radius 1 is 1.44 bits per heavy atom. The van der Waals surface area contributed by atoms with Gasteiger partial charge >= 0.3 is 5.63 Å². The number of nitrogens with two attached hydrogens (primary N) is 1. The van der Waals surface area contributed by atoms with E-state index in [4.69, 9.17) is 10.2 Å². The summed E-state index contributed by atoms with van der Waals surface area (Å²) in [6.45, 7) is 0. The SMILES string of the molecule is NC(=S)NN=Cc1c(O)ccc2ccc(=O)oc12. The van der Waals surface area contributed by atoms with Gasteiger partial charge in [0, 0.05) is 11.5 Å². The second-order valence-corrected chi connectivity index (χ2v) is 3.85. The van der Waals surface area contributed by atoms with Gasteiger partial charge in [-0.1, -0.05) is 0 Å². The number of thiocarbonyl (C=S) groups is 1. The normalized spacial score (nSPS) is 10.9. The van der Waals surface area contributed by atoms with E-state index < -0.39 is 5.63 Å². The molecule has 18 heavy (non-hydrogen) atoms. The van der Waals surface area contributed by atoms with Crippen LogP contribution in [0.2, 0.25) is 0 Å². The molecule has 0 saturated heterocycles. The average molecular weight is 263 g/mol. The number of aromatic hydroxyl groups is 1. The molecule has 1 aromatic carbocycles. The molecule has 0 fully saturated rings. The van der Waals surface area contributed by atoms with Gasteiger partial charge in [-0.05, 0) is 30.4 Å². The van der Waals surface area contributed by atoms with E-state index in [1.807, 2.05) is 0 Å². The summed E-state index contributed by atoms with van der Waals surface area (Å²) in [7, 11) is 0. The van der Waals surface area contributed by atoms with Gasteiger partial charge in [0.25, 0.3) is 0 Å². The molecule has 7 heteroatoms. The second kappa shape index (κ2) is 4.84. The Labute approximate surface area is 107 Å². The lowest BCUT2D eigenvalue weighted by atomic mass is 10.1. The zero-order chi connectivity index (χ0) is 13.1. The number of hydrogen-bond donors (Lipinski definition) is 3. The number of hydrazone groups is 1. The Hall–Kier alpha value is -2.41. The summed E-state index contributed by atoms with van der Waals surface area (Å²) in [5.74, 6) is -0.0645. The highest BCUT2D eigenvalue weighted by atomic mass is 32.1. The van der Waals surface area contributed by atoms with Crippen LogP contribution in [-0.4, -0.2) is 16.4 Å². The molecule has 6 nitrogen and oxygen atoms in total. The van der Waals surface area contributed by atoms with E-state index in [9.17, 15) is 9.90 Å². The van der Waals surface area contributed by atoms with Gasteiger partial charge in [0.1, 0.15) is 5.75 Å². The molecule has 0 aliphatic rings. The first-order valence-corrected chi connectivity index (χ1v) is 5.33. The number of phenolic OH excluding ortho intramolecular Hbond substituents is 1. The van der Waals surface area contributed by atoms with Gasteiger partial charge in [-0.25, -0.2) is 4.79 Å². The van der Waals surface area contributed by atoms with Crippen LogP contribution in [0, 0.1) is 0 Å². The number of hydrogen-bond acceptors (Lipinski definition) is 5. The van der Waals surface area contributed by atoms with E-state index in [2.05, 4.69) is 22.7 Å². The predicted molar refractivity (Wildman–Crippen MR) is 71.7 cm³/mol. The quantitative estimate of drug-likeness (QED) is 0.318. The molecule has 2 rings (SSSR count). The van der Waals surface area contributed by atoms with E-state index in [1.54, 1.807) is 12.1 Å². The van der Waals surface area contributed by atoms with Crippen LogP contribution in [0.4, 0.5) is 0 Å². The zero-order valence-electron chi connectivity index (χ0n) is 9.08. The maximum Gasteiger partial charge on any atom is 0.336 e. The molecular weight excluding hydrogens is 254 g/mol. The van der Waals surface area contributed by atoms with Crippen LogP contribution in [0.1, 0.15) is 5.56 Å². The Bertz CT molecular complexity index is 693. The van der Waals surface area contributed by atoms with Crippen molar-refractivity contribution in [2.24, 2.45) is 10.8 Å². The molecule has 92 valence electrons. The molecule has 2 aromatic rings. The third-order valence-corrected chi connectivity index (χ3v) is 2.26. The molecule has 1 heterocycles. The largest absolute Gasteiger partial charge is 0.507 e. The van der Waals surface area contributed by atoms with Crippen molar-refractivity contribution in [3.8, 4) is 5.75 Å². The molecule has 0 spiro atoms. The van der Waals surface area contributed by atoms with Crippen molar-refractivity contribution in [2.75, 3.05) is 0 Å². The van der Waals surface area contributed by atoms with Gasteiger partial charge < -0.3 is 15.3 Å². The van der Waals surface area contributed by atoms with Crippen LogP contribution in [-0.2, 0) is 0 Å². The summed E-state index contributed by atoms with van der Waals surface area (Å²) in [5.41, 5.74) is 7.56. The average Bonchev–Trinajstić information content (AvgIpc) is 2.31. The van der Waals surface area contributed by atoms with Gasteiger partial charge in [-0.2, -0.15) is 5.10 Å². The minimum atomic E-state index is -0.509. The second-order valence-electron chi connectivity index (χ2n) is 3.41. The third kappa shape index (κ3) is 2.46. The summed E-state index contributed by atoms with van der Waals surface area (Å²) in [5, 5.41) is 14.1. The lowest BCUT2D eigenvalue weighted by Gasteiger charge is -2.02. The number of fused-ring (bicyclic) bond motifs is 1. The van der Waals surface area contributed by atoms with Crippen molar-refractivity contribution in [3.05, 3.63) is 40.2 Å². The van der Waals surface area contributed by atoms with E-state index in [-0.39, 0.29) is 22.0 Å². The molecule has 0 unspecified atom stereocenters. The lowest BCUT2D eigenvalue weighted by Crippen LogP contribution is -2.24. The summed E-state index contributed by atoms with van der Waals surface area (Å²) in [4.78, 5) is 11.2. The Morgan fingerprint density at radius 2 is 2.17 bits per heavy atom. The molecule has 0 aliphatic heterocycles. The smallest absolute Gasteiger partial charge is 0.336 e. The minimum Gasteiger partial charge on any atom is -0.507 e. The maximum atomic E-state index is 11.2. The molecule has 0 atom stereocenters. The molecule has 0 aliphatic carbocycles. The Kier molecular flexibility index (Phi) is 3.24. The maximum absolute atomic E-state index is 11.2. The molecule has 0 bridgehead atoms. The monoisotopic (exact) mass is 263 g/mol. The number of rotatable bonds is 2. The highest BCUT2D eigenvalue weighted by Gasteiger charge is 2.07. The summed E-state index contributed by atoms with van der Waals surface area (Å²) in [6, 6.07) is 6.00. The third-order valence-electron chi connectivity index (χ3n) is 2.17. The van der Waals surface area contributed by atoms with Crippen molar-refractivity contribution >= 4 is 34.5 Å². The van der Waals surface area contributed by atoms with Crippen LogP contribution in [0.25, 0.3) is 11.0 Å². The van der Waals surface area contributed by atoms with Crippen molar-refractivity contribution in [2.45, 2.75) is 0 Å². The molecule has 4 N–H and O–H groups in total. The summed E-state index contributed by atoms with van der Waals surface area (Å²) in [6.07, 6.45) is 1.28. The summed E-state index contributed by atoms with van der Waals surface area (Å²) < 4.78 is 5.03. The topological polar surface area (TPSA) is 101 Å². The summed E-state index contributed by atoms with van der Waals surface area (Å²) >= 11 is 4.58. The van der Waals surface area contributed by atoms with Crippen molar-refractivity contribution in [1.82, 2.24) is 5.43 Å². The fourth-order valence-corrected chi connectivity index (χ4v) is 1.48. The van der Waals surface area contributed by atoms with E-state index in [0.29, 0.717) is 5.39 Å². The molecule has 0 radical (unpaired) electrons. The first-order chi connectivity index (χ1) is 8.58. The van der Waals surface area contributed by atoms with Gasteiger partial charge in [0.05, 0.1) is 11.8 Å². The zero-order valence-corrected chi connectivity index (χ0v) is 9.90. The fourth-order valence-electron chi connectivity index (χ4n) is 1.43. The Morgan fingerprint density at radius 3 is 2.89 bits per heavy atom. The molecule has 1 aromatic heterocycles. The first kappa shape index (κ1) is 12.1. The highest BCUT2D eigenvalue weighted by Crippen LogP contribution is 2.24. The van der Waals surface area contributed by atoms with Gasteiger partial charge in [-0.15, -0.1) is 0 Å². The highest BCUT2D eigenvalue weighted by molar-refractivity contribution is 7.80. The van der Waals surface area contributed by atoms with Crippen LogP contribution in [0.5, 0.6) is 5.75 Å². The molecule has 0 amide bonds. The Balaban J connectivity index is 2.56. The number of nitrogens with one attached hydrogen (secondary N) is 1. The van der Waals surface area contributed by atoms with Gasteiger partial charge in [0.15, 0.2) is 10.7 Å². The van der Waals surface area contributed by atoms with Gasteiger partial charge in [0.2, 0.25) is 0 Å². The van der Waals surface area contributed by atoms with Gasteiger partial charge in [-0.3, -0.25) is 5.43 Å². The molecular formula is C11H9N3O3S. The molecule has 0 saturated carbocycles. The van der Waals surface area contributed by atoms with Crippen molar-refractivity contribution in [3.63, 3.8) is 0 Å². The number of nitrogens with zero attached hydrogens (tertiary/aromatic N) is 1. The first-order valence-electron chi connectivity index (χ1n) is 4.92. The van der Waals surface area contributed by atoms with Crippen LogP contribution in [0.3, 0.4) is 0 Å². The fraction of sp³-hybridized carbons (Fsp3) is 0. The van der Waals surface area contributed by atoms with Crippen LogP contribution >= 0.6 is 12.2 Å². The number of phenols is 1. The van der Waals surface area contributed by atoms with E-state index >= 15 is 0 Å².